The molecule has 0 aliphatic heterocycles. The summed E-state index contributed by atoms with van der Waals surface area (Å²) in [5.74, 6) is 2.49. The van der Waals surface area contributed by atoms with Crippen molar-refractivity contribution in [3.05, 3.63) is 248 Å². The molecule has 0 spiro atoms. The lowest BCUT2D eigenvalue weighted by atomic mass is 9.94. The van der Waals surface area contributed by atoms with E-state index in [0.29, 0.717) is 0 Å². The average Bonchev–Trinajstić information content (AvgIpc) is 3.45. The normalized spacial score (nSPS) is 11.1. The fraction of sp³-hybridized carbons (Fsp3) is 0.0606. The molecule has 0 fully saturated rings. The third-order valence-corrected chi connectivity index (χ3v) is 13.5. The fourth-order valence-electron chi connectivity index (χ4n) is 9.68. The number of nitrogens with zero attached hydrogens (tertiary/aromatic N) is 2. The van der Waals surface area contributed by atoms with Gasteiger partial charge >= 0.3 is 0 Å². The highest BCUT2D eigenvalue weighted by atomic mass is 16.5. The van der Waals surface area contributed by atoms with Gasteiger partial charge in [-0.25, -0.2) is 0 Å². The van der Waals surface area contributed by atoms with Gasteiger partial charge in [0, 0.05) is 33.5 Å². The van der Waals surface area contributed by atoms with Gasteiger partial charge in [-0.2, -0.15) is 0 Å². The van der Waals surface area contributed by atoms with Gasteiger partial charge < -0.3 is 24.0 Å². The van der Waals surface area contributed by atoms with Crippen LogP contribution in [0, 0.1) is 6.92 Å². The van der Waals surface area contributed by atoms with Crippen molar-refractivity contribution in [2.24, 2.45) is 0 Å². The van der Waals surface area contributed by atoms with Crippen LogP contribution in [0.25, 0.3) is 66.1 Å². The Morgan fingerprint density at radius 1 is 0.239 bits per heavy atom. The lowest BCUT2D eigenvalue weighted by Gasteiger charge is -2.35. The van der Waals surface area contributed by atoms with Gasteiger partial charge in [-0.1, -0.05) is 163 Å². The predicted molar refractivity (Wildman–Crippen MR) is 297 cm³/mol. The minimum absolute atomic E-state index is 0.829. The van der Waals surface area contributed by atoms with Crippen LogP contribution in [0.15, 0.2) is 243 Å². The number of fused-ring (bicyclic) bond motifs is 3. The van der Waals surface area contributed by atoms with Crippen molar-refractivity contribution in [3.8, 4) is 61.8 Å². The van der Waals surface area contributed by atoms with Gasteiger partial charge in [0.05, 0.1) is 32.7 Å². The lowest BCUT2D eigenvalue weighted by molar-refractivity contribution is 0.415. The highest BCUT2D eigenvalue weighted by molar-refractivity contribution is 6.23. The van der Waals surface area contributed by atoms with Crippen molar-refractivity contribution in [2.75, 3.05) is 31.1 Å². The van der Waals surface area contributed by atoms with Gasteiger partial charge in [0.2, 0.25) is 0 Å². The first kappa shape index (κ1) is 44.4. The topological polar surface area (TPSA) is 34.2 Å². The third-order valence-electron chi connectivity index (χ3n) is 13.5. The Balaban J connectivity index is 1.17. The van der Waals surface area contributed by atoms with Crippen molar-refractivity contribution in [1.29, 1.82) is 0 Å². The summed E-state index contributed by atoms with van der Waals surface area (Å²) in [4.78, 5) is 4.89. The molecule has 11 aromatic carbocycles. The monoisotopic (exact) mass is 920 g/mol. The number of benzene rings is 11. The predicted octanol–water partition coefficient (Wildman–Crippen LogP) is 17.9. The van der Waals surface area contributed by atoms with Gasteiger partial charge in [-0.3, -0.25) is 0 Å². The molecule has 0 amide bonds. The summed E-state index contributed by atoms with van der Waals surface area (Å²) in [6, 6.07) is 87.0. The molecule has 0 atom stereocenters. The molecule has 0 saturated carbocycles. The Labute approximate surface area is 416 Å². The standard InChI is InChI=1S/C66H52N2O3/c1-45-13-15-46(16-14-45)47-17-31-54(32-18-47)67(55-33-19-48(20-34-55)51-25-39-58(69-2)40-26-51)65-63-11-7-5-9-61(63)62-10-6-8-12-64(62)66(65)68(56-35-21-49(22-36-56)52-27-41-59(70-3)42-28-52)57-37-23-50(24-38-57)53-29-43-60(71-4)44-30-53/h5-44H,1-4H3. The van der Waals surface area contributed by atoms with Crippen LogP contribution in [-0.4, -0.2) is 21.3 Å². The molecule has 0 saturated heterocycles. The van der Waals surface area contributed by atoms with Crippen molar-refractivity contribution in [2.45, 2.75) is 6.92 Å². The molecule has 11 aromatic rings. The first-order valence-corrected chi connectivity index (χ1v) is 23.9. The molecule has 0 radical (unpaired) electrons. The Morgan fingerprint density at radius 3 is 0.690 bits per heavy atom. The molecular formula is C66H52N2O3. The first-order valence-electron chi connectivity index (χ1n) is 23.9. The van der Waals surface area contributed by atoms with Crippen molar-refractivity contribution < 1.29 is 14.2 Å². The number of hydrogen-bond acceptors (Lipinski definition) is 5. The van der Waals surface area contributed by atoms with Gasteiger partial charge in [-0.05, 0) is 147 Å². The summed E-state index contributed by atoms with van der Waals surface area (Å²) in [6.45, 7) is 2.13. The molecule has 5 nitrogen and oxygen atoms in total. The second-order valence-electron chi connectivity index (χ2n) is 17.7. The summed E-state index contributed by atoms with van der Waals surface area (Å²) < 4.78 is 16.5. The minimum Gasteiger partial charge on any atom is -0.497 e. The van der Waals surface area contributed by atoms with Crippen LogP contribution >= 0.6 is 0 Å². The highest BCUT2D eigenvalue weighted by Crippen LogP contribution is 2.53. The molecule has 0 heterocycles. The van der Waals surface area contributed by atoms with E-state index >= 15 is 0 Å². The second kappa shape index (κ2) is 19.5. The maximum atomic E-state index is 5.50. The number of methoxy groups -OCH3 is 3. The molecule has 71 heavy (non-hydrogen) atoms. The Kier molecular flexibility index (Phi) is 12.2. The number of anilines is 6. The van der Waals surface area contributed by atoms with Crippen LogP contribution in [0.4, 0.5) is 34.1 Å². The zero-order valence-electron chi connectivity index (χ0n) is 40.2. The summed E-state index contributed by atoms with van der Waals surface area (Å²) in [5, 5.41) is 4.58. The summed E-state index contributed by atoms with van der Waals surface area (Å²) >= 11 is 0. The van der Waals surface area contributed by atoms with E-state index in [0.717, 1.165) is 101 Å². The van der Waals surface area contributed by atoms with E-state index in [-0.39, 0.29) is 0 Å². The molecule has 0 N–H and O–H groups in total. The van der Waals surface area contributed by atoms with Crippen LogP contribution in [0.5, 0.6) is 17.2 Å². The number of hydrogen-bond donors (Lipinski definition) is 0. The fourth-order valence-corrected chi connectivity index (χ4v) is 9.68. The van der Waals surface area contributed by atoms with Gasteiger partial charge in [0.25, 0.3) is 0 Å². The van der Waals surface area contributed by atoms with Crippen LogP contribution in [-0.2, 0) is 0 Å². The zero-order chi connectivity index (χ0) is 48.3. The molecule has 0 unspecified atom stereocenters. The van der Waals surface area contributed by atoms with E-state index in [9.17, 15) is 0 Å². The number of ether oxygens (including phenoxy) is 3. The summed E-state index contributed by atoms with van der Waals surface area (Å²) in [7, 11) is 5.10. The molecule has 0 aliphatic carbocycles. The van der Waals surface area contributed by atoms with E-state index in [1.54, 1.807) is 21.3 Å². The van der Waals surface area contributed by atoms with Gasteiger partial charge in [0.15, 0.2) is 0 Å². The number of aryl methyl sites for hydroxylation is 1. The molecular weight excluding hydrogens is 869 g/mol. The summed E-state index contributed by atoms with van der Waals surface area (Å²) in [6.07, 6.45) is 0. The van der Waals surface area contributed by atoms with Crippen molar-refractivity contribution in [1.82, 2.24) is 0 Å². The smallest absolute Gasteiger partial charge is 0.118 e. The van der Waals surface area contributed by atoms with Gasteiger partial charge in [0.1, 0.15) is 17.2 Å². The molecule has 5 heteroatoms. The highest BCUT2D eigenvalue weighted by Gasteiger charge is 2.28. The Hall–Kier alpha value is -9.06. The second-order valence-corrected chi connectivity index (χ2v) is 17.7. The number of rotatable bonds is 13. The first-order chi connectivity index (χ1) is 35.0. The molecule has 0 bridgehead atoms. The van der Waals surface area contributed by atoms with Crippen molar-refractivity contribution >= 4 is 55.7 Å². The largest absolute Gasteiger partial charge is 0.497 e. The molecule has 0 aromatic heterocycles. The molecule has 344 valence electrons. The molecule has 0 aliphatic rings. The Morgan fingerprint density at radius 2 is 0.451 bits per heavy atom. The van der Waals surface area contributed by atoms with E-state index in [1.165, 1.54) is 21.9 Å². The zero-order valence-corrected chi connectivity index (χ0v) is 40.2. The van der Waals surface area contributed by atoms with E-state index in [2.05, 4.69) is 223 Å². The van der Waals surface area contributed by atoms with Crippen LogP contribution in [0.3, 0.4) is 0 Å². The van der Waals surface area contributed by atoms with Crippen molar-refractivity contribution in [3.63, 3.8) is 0 Å². The van der Waals surface area contributed by atoms with Crippen LogP contribution in [0.2, 0.25) is 0 Å². The minimum atomic E-state index is 0.829. The van der Waals surface area contributed by atoms with E-state index < -0.39 is 0 Å². The maximum absolute atomic E-state index is 5.50. The Bertz CT molecular complexity index is 3500. The van der Waals surface area contributed by atoms with E-state index in [1.807, 2.05) is 36.4 Å². The summed E-state index contributed by atoms with van der Waals surface area (Å²) in [5.41, 5.74) is 16.5. The van der Waals surface area contributed by atoms with Crippen LogP contribution < -0.4 is 24.0 Å². The lowest BCUT2D eigenvalue weighted by Crippen LogP contribution is -2.18. The maximum Gasteiger partial charge on any atom is 0.118 e. The van der Waals surface area contributed by atoms with Gasteiger partial charge in [-0.15, -0.1) is 0 Å². The third kappa shape index (κ3) is 8.82. The molecule has 11 rings (SSSR count). The quantitative estimate of drug-likeness (QED) is 0.0850. The SMILES string of the molecule is COc1ccc(-c2ccc(N(c3ccc(-c4ccc(C)cc4)cc3)c3c(N(c4ccc(-c5ccc(OC)cc5)cc4)c4ccc(-c5ccc(OC)cc5)cc4)c4ccccc4c4ccccc34)cc2)cc1. The average molecular weight is 921 g/mol. The van der Waals surface area contributed by atoms with E-state index in [4.69, 9.17) is 14.2 Å². The van der Waals surface area contributed by atoms with Crippen LogP contribution in [0.1, 0.15) is 5.56 Å².